The molecular weight excluding hydrogens is 294 g/mol. The summed E-state index contributed by atoms with van der Waals surface area (Å²) < 4.78 is 0. The van der Waals surface area contributed by atoms with Gasteiger partial charge in [0, 0.05) is 27.9 Å². The summed E-state index contributed by atoms with van der Waals surface area (Å²) in [6, 6.07) is 8.39. The van der Waals surface area contributed by atoms with Gasteiger partial charge in [-0.25, -0.2) is 9.97 Å². The lowest BCUT2D eigenvalue weighted by Gasteiger charge is -2.17. The Morgan fingerprint density at radius 1 is 1.05 bits per heavy atom. The number of anilines is 1. The molecule has 114 valence electrons. The van der Waals surface area contributed by atoms with Crippen LogP contribution in [0.2, 0.25) is 5.02 Å². The Morgan fingerprint density at radius 2 is 1.91 bits per heavy atom. The molecule has 0 aliphatic heterocycles. The molecule has 1 aromatic carbocycles. The third-order valence-electron chi connectivity index (χ3n) is 4.71. The number of nitrogens with zero attached hydrogens (tertiary/aromatic N) is 2. The van der Waals surface area contributed by atoms with Crippen molar-refractivity contribution in [2.24, 2.45) is 0 Å². The monoisotopic (exact) mass is 313 g/mol. The van der Waals surface area contributed by atoms with E-state index in [1.165, 1.54) is 43.4 Å². The molecule has 1 fully saturated rings. The highest BCUT2D eigenvalue weighted by Gasteiger charge is 2.23. The number of halogens is 1. The zero-order valence-electron chi connectivity index (χ0n) is 12.6. The Labute approximate surface area is 136 Å². The van der Waals surface area contributed by atoms with Crippen LogP contribution in [0.3, 0.4) is 0 Å². The predicted molar refractivity (Wildman–Crippen MR) is 90.4 cm³/mol. The van der Waals surface area contributed by atoms with Crippen LogP contribution in [0.15, 0.2) is 24.3 Å². The highest BCUT2D eigenvalue weighted by molar-refractivity contribution is 6.30. The van der Waals surface area contributed by atoms with Crippen LogP contribution in [0.25, 0.3) is 11.4 Å². The quantitative estimate of drug-likeness (QED) is 0.897. The number of hydrogen-bond donors (Lipinski definition) is 1. The van der Waals surface area contributed by atoms with Crippen molar-refractivity contribution in [3.05, 3.63) is 40.5 Å². The number of aryl methyl sites for hydroxylation is 1. The van der Waals surface area contributed by atoms with Gasteiger partial charge in [0.1, 0.15) is 5.82 Å². The number of rotatable bonds is 3. The van der Waals surface area contributed by atoms with Crippen molar-refractivity contribution in [1.82, 2.24) is 9.97 Å². The Balaban J connectivity index is 1.73. The van der Waals surface area contributed by atoms with Gasteiger partial charge < -0.3 is 5.32 Å². The second kappa shape index (κ2) is 5.88. The van der Waals surface area contributed by atoms with E-state index in [1.54, 1.807) is 0 Å². The van der Waals surface area contributed by atoms with Crippen LogP contribution in [0, 0.1) is 0 Å². The Morgan fingerprint density at radius 3 is 2.73 bits per heavy atom. The number of fused-ring (bicyclic) bond motifs is 1. The largest absolute Gasteiger partial charge is 0.367 e. The van der Waals surface area contributed by atoms with Gasteiger partial charge in [0.2, 0.25) is 0 Å². The molecule has 2 aromatic rings. The van der Waals surface area contributed by atoms with Crippen LogP contribution >= 0.6 is 11.6 Å². The van der Waals surface area contributed by atoms with Gasteiger partial charge in [0.25, 0.3) is 0 Å². The number of aromatic nitrogens is 2. The van der Waals surface area contributed by atoms with Gasteiger partial charge in [-0.05, 0) is 44.2 Å². The third-order valence-corrected chi connectivity index (χ3v) is 4.95. The summed E-state index contributed by atoms with van der Waals surface area (Å²) in [5.41, 5.74) is 3.54. The van der Waals surface area contributed by atoms with Crippen molar-refractivity contribution >= 4 is 17.4 Å². The lowest BCUT2D eigenvalue weighted by atomic mass is 10.1. The normalized spacial score (nSPS) is 17.7. The van der Waals surface area contributed by atoms with E-state index < -0.39 is 0 Å². The second-order valence-corrected chi connectivity index (χ2v) is 6.75. The summed E-state index contributed by atoms with van der Waals surface area (Å²) in [5.74, 6) is 1.85. The van der Waals surface area contributed by atoms with E-state index in [9.17, 15) is 0 Å². The number of benzene rings is 1. The van der Waals surface area contributed by atoms with Crippen molar-refractivity contribution in [3.63, 3.8) is 0 Å². The molecule has 2 aliphatic carbocycles. The molecule has 1 aromatic heterocycles. The van der Waals surface area contributed by atoms with E-state index in [-0.39, 0.29) is 0 Å². The van der Waals surface area contributed by atoms with E-state index in [1.807, 2.05) is 24.3 Å². The molecule has 4 heteroatoms. The van der Waals surface area contributed by atoms with Gasteiger partial charge in [-0.1, -0.05) is 36.6 Å². The summed E-state index contributed by atoms with van der Waals surface area (Å²) >= 11 is 6.12. The topological polar surface area (TPSA) is 37.8 Å². The lowest BCUT2D eigenvalue weighted by Crippen LogP contribution is -2.17. The first-order valence-corrected chi connectivity index (χ1v) is 8.60. The smallest absolute Gasteiger partial charge is 0.161 e. The SMILES string of the molecule is Clc1cccc(-c2nc3c(c(NC4CCCC4)n2)CCC3)c1. The van der Waals surface area contributed by atoms with E-state index >= 15 is 0 Å². The predicted octanol–water partition coefficient (Wildman–Crippen LogP) is 4.64. The van der Waals surface area contributed by atoms with Gasteiger partial charge in [-0.3, -0.25) is 0 Å². The first-order valence-electron chi connectivity index (χ1n) is 8.22. The summed E-state index contributed by atoms with van der Waals surface area (Å²) in [6.45, 7) is 0. The van der Waals surface area contributed by atoms with Crippen LogP contribution in [-0.2, 0) is 12.8 Å². The standard InChI is InChI=1S/C18H20ClN3/c19-13-6-3-5-12(11-13)17-21-16-10-4-9-15(16)18(22-17)20-14-7-1-2-8-14/h3,5-6,11,14H,1-2,4,7-10H2,(H,20,21,22). The third kappa shape index (κ3) is 2.70. The molecule has 1 saturated carbocycles. The lowest BCUT2D eigenvalue weighted by molar-refractivity contribution is 0.747. The van der Waals surface area contributed by atoms with Gasteiger partial charge in [-0.15, -0.1) is 0 Å². The van der Waals surface area contributed by atoms with E-state index in [2.05, 4.69) is 5.32 Å². The molecule has 0 unspecified atom stereocenters. The molecule has 1 N–H and O–H groups in total. The van der Waals surface area contributed by atoms with Crippen molar-refractivity contribution < 1.29 is 0 Å². The summed E-state index contributed by atoms with van der Waals surface area (Å²) in [5, 5.41) is 4.41. The minimum atomic E-state index is 0.576. The maximum atomic E-state index is 6.12. The summed E-state index contributed by atoms with van der Waals surface area (Å²) in [7, 11) is 0. The molecule has 0 amide bonds. The molecule has 22 heavy (non-hydrogen) atoms. The molecule has 0 radical (unpaired) electrons. The Hall–Kier alpha value is -1.61. The maximum Gasteiger partial charge on any atom is 0.161 e. The average Bonchev–Trinajstić information content (AvgIpc) is 3.18. The average molecular weight is 314 g/mol. The molecule has 4 rings (SSSR count). The number of hydrogen-bond acceptors (Lipinski definition) is 3. The highest BCUT2D eigenvalue weighted by atomic mass is 35.5. The molecule has 0 saturated heterocycles. The van der Waals surface area contributed by atoms with E-state index in [4.69, 9.17) is 21.6 Å². The van der Waals surface area contributed by atoms with Crippen molar-refractivity contribution in [3.8, 4) is 11.4 Å². The fraction of sp³-hybridized carbons (Fsp3) is 0.444. The summed E-state index contributed by atoms with van der Waals surface area (Å²) in [6.07, 6.45) is 8.50. The number of nitrogens with one attached hydrogen (secondary N) is 1. The summed E-state index contributed by atoms with van der Waals surface area (Å²) in [4.78, 5) is 9.63. The van der Waals surface area contributed by atoms with Crippen LogP contribution < -0.4 is 5.32 Å². The van der Waals surface area contributed by atoms with Crippen LogP contribution in [0.4, 0.5) is 5.82 Å². The minimum Gasteiger partial charge on any atom is -0.367 e. The molecule has 0 spiro atoms. The first-order chi connectivity index (χ1) is 10.8. The fourth-order valence-corrected chi connectivity index (χ4v) is 3.76. The van der Waals surface area contributed by atoms with Crippen LogP contribution in [0.1, 0.15) is 43.4 Å². The highest BCUT2D eigenvalue weighted by Crippen LogP contribution is 2.32. The second-order valence-electron chi connectivity index (χ2n) is 6.31. The molecule has 1 heterocycles. The zero-order chi connectivity index (χ0) is 14.9. The van der Waals surface area contributed by atoms with Crippen molar-refractivity contribution in [2.45, 2.75) is 51.0 Å². The Kier molecular flexibility index (Phi) is 3.75. The molecule has 0 atom stereocenters. The fourth-order valence-electron chi connectivity index (χ4n) is 3.57. The van der Waals surface area contributed by atoms with Crippen LogP contribution in [0.5, 0.6) is 0 Å². The first kappa shape index (κ1) is 14.0. The van der Waals surface area contributed by atoms with Crippen molar-refractivity contribution in [2.75, 3.05) is 5.32 Å². The minimum absolute atomic E-state index is 0.576. The zero-order valence-corrected chi connectivity index (χ0v) is 13.4. The van der Waals surface area contributed by atoms with Gasteiger partial charge in [-0.2, -0.15) is 0 Å². The van der Waals surface area contributed by atoms with E-state index in [0.29, 0.717) is 6.04 Å². The molecule has 2 aliphatic rings. The van der Waals surface area contributed by atoms with Crippen LogP contribution in [-0.4, -0.2) is 16.0 Å². The molecule has 3 nitrogen and oxygen atoms in total. The van der Waals surface area contributed by atoms with Gasteiger partial charge >= 0.3 is 0 Å². The van der Waals surface area contributed by atoms with Crippen molar-refractivity contribution in [1.29, 1.82) is 0 Å². The Bertz CT molecular complexity index is 693. The van der Waals surface area contributed by atoms with Gasteiger partial charge in [0.15, 0.2) is 5.82 Å². The van der Waals surface area contributed by atoms with E-state index in [0.717, 1.165) is 35.1 Å². The van der Waals surface area contributed by atoms with Gasteiger partial charge in [0.05, 0.1) is 0 Å². The molecular formula is C18H20ClN3. The molecule has 0 bridgehead atoms. The maximum absolute atomic E-state index is 6.12.